The van der Waals surface area contributed by atoms with E-state index in [0.717, 1.165) is 12.1 Å². The lowest BCUT2D eigenvalue weighted by Crippen LogP contribution is -2.41. The van der Waals surface area contributed by atoms with Crippen molar-refractivity contribution in [1.29, 1.82) is 0 Å². The van der Waals surface area contributed by atoms with Crippen LogP contribution in [0.25, 0.3) is 0 Å². The highest BCUT2D eigenvalue weighted by Gasteiger charge is 2.55. The van der Waals surface area contributed by atoms with Crippen molar-refractivity contribution in [1.82, 2.24) is 0 Å². The third-order valence-electron chi connectivity index (χ3n) is 6.13. The minimum absolute atomic E-state index is 0.0341. The number of carboxylic acids is 1. The molecule has 1 aliphatic heterocycles. The predicted molar refractivity (Wildman–Crippen MR) is 120 cm³/mol. The Balaban J connectivity index is 2.10. The SMILES string of the molecule is CC[C@H](C)[C@@H](C(=O)O)C(=O)OCN1C(=O)C(F)(c2cc(Cl)ccc2OC)c2ccc(C(F)(F)F)cc21. The number of fused-ring (bicyclic) bond motifs is 1. The van der Waals surface area contributed by atoms with E-state index in [1.807, 2.05) is 0 Å². The first kappa shape index (κ1) is 27.3. The van der Waals surface area contributed by atoms with Gasteiger partial charge in [-0.25, -0.2) is 4.39 Å². The third kappa shape index (κ3) is 4.71. The van der Waals surface area contributed by atoms with Crippen molar-refractivity contribution >= 4 is 35.1 Å². The number of methoxy groups -OCH3 is 1. The molecule has 1 N–H and O–H groups in total. The summed E-state index contributed by atoms with van der Waals surface area (Å²) in [5, 5.41) is 9.43. The highest BCUT2D eigenvalue weighted by Crippen LogP contribution is 2.51. The maximum Gasteiger partial charge on any atom is 0.416 e. The summed E-state index contributed by atoms with van der Waals surface area (Å²) in [4.78, 5) is 38.0. The summed E-state index contributed by atoms with van der Waals surface area (Å²) in [6.45, 7) is 2.15. The van der Waals surface area contributed by atoms with Gasteiger partial charge in [-0.2, -0.15) is 13.2 Å². The monoisotopic (exact) mass is 531 g/mol. The van der Waals surface area contributed by atoms with Crippen LogP contribution in [-0.2, 0) is 31.0 Å². The van der Waals surface area contributed by atoms with Gasteiger partial charge < -0.3 is 14.6 Å². The van der Waals surface area contributed by atoms with Crippen LogP contribution in [0, 0.1) is 11.8 Å². The van der Waals surface area contributed by atoms with Crippen molar-refractivity contribution in [2.75, 3.05) is 18.7 Å². The first-order valence-electron chi connectivity index (χ1n) is 10.7. The summed E-state index contributed by atoms with van der Waals surface area (Å²) in [5.41, 5.74) is -5.52. The van der Waals surface area contributed by atoms with E-state index in [0.29, 0.717) is 23.5 Å². The Morgan fingerprint density at radius 2 is 1.83 bits per heavy atom. The molecular formula is C24H22ClF4NO6. The second-order valence-corrected chi connectivity index (χ2v) is 8.70. The number of benzene rings is 2. The standard InChI is InChI=1S/C24H22ClF4NO6/c1-4-12(2)19(20(31)32)21(33)36-11-30-17-9-13(24(27,28)29)5-7-15(17)23(26,22(30)34)16-10-14(25)6-8-18(16)35-3/h5-10,12,19H,4,11H2,1-3H3,(H,31,32)/t12-,19-,23?/m0/s1. The molecule has 0 radical (unpaired) electrons. The molecule has 0 bridgehead atoms. The van der Waals surface area contributed by atoms with Crippen molar-refractivity contribution in [2.24, 2.45) is 11.8 Å². The molecule has 1 unspecified atom stereocenters. The summed E-state index contributed by atoms with van der Waals surface area (Å²) >= 11 is 6.00. The molecule has 2 aromatic rings. The number of ether oxygens (including phenoxy) is 2. The first-order chi connectivity index (χ1) is 16.8. The van der Waals surface area contributed by atoms with Crippen LogP contribution in [-0.4, -0.2) is 36.8 Å². The van der Waals surface area contributed by atoms with Gasteiger partial charge in [-0.15, -0.1) is 0 Å². The number of amides is 1. The van der Waals surface area contributed by atoms with E-state index in [1.165, 1.54) is 26.2 Å². The number of hydrogen-bond donors (Lipinski definition) is 1. The Bertz CT molecular complexity index is 1200. The Hall–Kier alpha value is -3.34. The summed E-state index contributed by atoms with van der Waals surface area (Å²) < 4.78 is 67.1. The van der Waals surface area contributed by atoms with Gasteiger partial charge in [0.2, 0.25) is 5.67 Å². The first-order valence-corrected chi connectivity index (χ1v) is 11.1. The Kier molecular flexibility index (Phi) is 7.54. The van der Waals surface area contributed by atoms with Crippen molar-refractivity contribution < 1.29 is 46.5 Å². The van der Waals surface area contributed by atoms with E-state index in [4.69, 9.17) is 21.1 Å². The highest BCUT2D eigenvalue weighted by atomic mass is 35.5. The summed E-state index contributed by atoms with van der Waals surface area (Å²) in [7, 11) is 1.21. The number of anilines is 1. The topological polar surface area (TPSA) is 93.1 Å². The second kappa shape index (κ2) is 9.96. The van der Waals surface area contributed by atoms with Crippen LogP contribution in [0.15, 0.2) is 36.4 Å². The van der Waals surface area contributed by atoms with E-state index >= 15 is 4.39 Å². The van der Waals surface area contributed by atoms with Crippen LogP contribution in [0.5, 0.6) is 5.75 Å². The van der Waals surface area contributed by atoms with Crippen LogP contribution in [0.4, 0.5) is 23.2 Å². The molecule has 0 aliphatic carbocycles. The summed E-state index contributed by atoms with van der Waals surface area (Å²) in [5.74, 6) is -6.36. The number of rotatable bonds is 8. The van der Waals surface area contributed by atoms with Crippen LogP contribution >= 0.6 is 11.6 Å². The fourth-order valence-electron chi connectivity index (χ4n) is 4.00. The molecule has 1 amide bonds. The molecule has 0 saturated heterocycles. The van der Waals surface area contributed by atoms with E-state index in [-0.39, 0.29) is 16.3 Å². The van der Waals surface area contributed by atoms with Gasteiger partial charge in [-0.05, 0) is 36.2 Å². The molecule has 0 saturated carbocycles. The van der Waals surface area contributed by atoms with Gasteiger partial charge in [0.25, 0.3) is 5.91 Å². The predicted octanol–water partition coefficient (Wildman–Crippen LogP) is 5.17. The molecule has 0 spiro atoms. The number of alkyl halides is 4. The molecule has 3 atom stereocenters. The Morgan fingerprint density at radius 3 is 2.39 bits per heavy atom. The van der Waals surface area contributed by atoms with Crippen molar-refractivity contribution in [3.05, 3.63) is 58.1 Å². The molecule has 194 valence electrons. The average molecular weight is 532 g/mol. The van der Waals surface area contributed by atoms with Gasteiger partial charge in [0.1, 0.15) is 5.75 Å². The van der Waals surface area contributed by atoms with Crippen molar-refractivity contribution in [2.45, 2.75) is 32.1 Å². The van der Waals surface area contributed by atoms with Gasteiger partial charge in [0.05, 0.1) is 18.4 Å². The second-order valence-electron chi connectivity index (χ2n) is 8.26. The minimum Gasteiger partial charge on any atom is -0.496 e. The lowest BCUT2D eigenvalue weighted by atomic mass is 9.88. The zero-order valence-corrected chi connectivity index (χ0v) is 20.1. The molecule has 12 heteroatoms. The quantitative estimate of drug-likeness (QED) is 0.287. The molecule has 0 aromatic heterocycles. The van der Waals surface area contributed by atoms with Crippen LogP contribution < -0.4 is 9.64 Å². The molecule has 0 fully saturated rings. The number of halogens is 5. The maximum absolute atomic E-state index is 16.7. The molecule has 1 aliphatic rings. The fraction of sp³-hybridized carbons (Fsp3) is 0.375. The zero-order valence-electron chi connectivity index (χ0n) is 19.4. The lowest BCUT2D eigenvalue weighted by Gasteiger charge is -2.24. The maximum atomic E-state index is 16.7. The minimum atomic E-state index is -4.82. The van der Waals surface area contributed by atoms with Crippen LogP contribution in [0.2, 0.25) is 5.02 Å². The van der Waals surface area contributed by atoms with Gasteiger partial charge in [0.15, 0.2) is 12.6 Å². The average Bonchev–Trinajstić information content (AvgIpc) is 3.03. The lowest BCUT2D eigenvalue weighted by molar-refractivity contribution is -0.161. The highest BCUT2D eigenvalue weighted by molar-refractivity contribution is 6.30. The summed E-state index contributed by atoms with van der Waals surface area (Å²) in [6, 6.07) is 5.78. The van der Waals surface area contributed by atoms with Gasteiger partial charge in [0, 0.05) is 16.1 Å². The van der Waals surface area contributed by atoms with E-state index in [2.05, 4.69) is 0 Å². The zero-order chi connectivity index (χ0) is 27.0. The largest absolute Gasteiger partial charge is 0.496 e. The smallest absolute Gasteiger partial charge is 0.416 e. The molecule has 2 aromatic carbocycles. The van der Waals surface area contributed by atoms with Crippen LogP contribution in [0.1, 0.15) is 37.0 Å². The molecule has 1 heterocycles. The molecule has 7 nitrogen and oxygen atoms in total. The number of esters is 1. The molecular weight excluding hydrogens is 510 g/mol. The normalized spacial score (nSPS) is 19.0. The Labute approximate surface area is 208 Å². The Morgan fingerprint density at radius 1 is 1.17 bits per heavy atom. The fourth-order valence-corrected chi connectivity index (χ4v) is 4.17. The number of carbonyl (C=O) groups is 3. The van der Waals surface area contributed by atoms with Crippen LogP contribution in [0.3, 0.4) is 0 Å². The number of carboxylic acid groups (broad SMARTS) is 1. The van der Waals surface area contributed by atoms with Crippen molar-refractivity contribution in [3.8, 4) is 5.75 Å². The van der Waals surface area contributed by atoms with E-state index < -0.39 is 65.1 Å². The number of aliphatic carboxylic acids is 1. The number of nitrogens with zero attached hydrogens (tertiary/aromatic N) is 1. The number of hydrogen-bond acceptors (Lipinski definition) is 5. The molecule has 3 rings (SSSR count). The van der Waals surface area contributed by atoms with Gasteiger partial charge in [-0.1, -0.05) is 37.9 Å². The third-order valence-corrected chi connectivity index (χ3v) is 6.36. The number of carbonyl (C=O) groups excluding carboxylic acids is 2. The summed E-state index contributed by atoms with van der Waals surface area (Å²) in [6.07, 6.45) is -4.50. The van der Waals surface area contributed by atoms with Gasteiger partial charge >= 0.3 is 18.1 Å². The van der Waals surface area contributed by atoms with E-state index in [1.54, 1.807) is 6.92 Å². The van der Waals surface area contributed by atoms with E-state index in [9.17, 15) is 32.7 Å². The van der Waals surface area contributed by atoms with Gasteiger partial charge in [-0.3, -0.25) is 19.3 Å². The molecule has 36 heavy (non-hydrogen) atoms. The van der Waals surface area contributed by atoms with Crippen molar-refractivity contribution in [3.63, 3.8) is 0 Å².